The normalized spacial score (nSPS) is 13.1. The number of rotatable bonds is 12. The molecule has 38 heavy (non-hydrogen) atoms. The molecule has 202 valence electrons. The summed E-state index contributed by atoms with van der Waals surface area (Å²) in [6.07, 6.45) is -2.77. The maximum Gasteiger partial charge on any atom is 0.416 e. The average molecular weight is 548 g/mol. The first kappa shape index (κ1) is 28.9. The first-order valence-electron chi connectivity index (χ1n) is 11.8. The molecule has 0 aliphatic carbocycles. The van der Waals surface area contributed by atoms with Crippen LogP contribution < -0.4 is 4.74 Å². The van der Waals surface area contributed by atoms with Gasteiger partial charge in [-0.05, 0) is 47.4 Å². The van der Waals surface area contributed by atoms with Crippen molar-refractivity contribution < 1.29 is 36.2 Å². The van der Waals surface area contributed by atoms with E-state index in [2.05, 4.69) is 0 Å². The van der Waals surface area contributed by atoms with Crippen LogP contribution in [0.1, 0.15) is 41.7 Å². The first-order valence-corrected chi connectivity index (χ1v) is 13.5. The first-order chi connectivity index (χ1) is 18.0. The monoisotopic (exact) mass is 547 g/mol. The van der Waals surface area contributed by atoms with E-state index >= 15 is 0 Å². The highest BCUT2D eigenvalue weighted by Gasteiger charge is 2.31. The molecule has 1 atom stereocenters. The number of carbonyl (C=O) groups is 1. The van der Waals surface area contributed by atoms with Gasteiger partial charge >= 0.3 is 12.1 Å². The zero-order valence-corrected chi connectivity index (χ0v) is 21.5. The Morgan fingerprint density at radius 1 is 1.03 bits per heavy atom. The number of nitrogens with zero attached hydrogens (tertiary/aromatic N) is 1. The molecule has 0 spiro atoms. The predicted molar refractivity (Wildman–Crippen MR) is 139 cm³/mol. The second-order valence-corrected chi connectivity index (χ2v) is 10.7. The molecule has 0 aliphatic rings. The van der Waals surface area contributed by atoms with Gasteiger partial charge in [0, 0.05) is 12.6 Å². The third-order valence-electron chi connectivity index (χ3n) is 5.59. The largest absolute Gasteiger partial charge is 0.484 e. The number of carboxylic acid groups (broad SMARTS) is 1. The molecule has 3 aromatic carbocycles. The molecule has 0 bridgehead atoms. The molecule has 10 heteroatoms. The molecule has 0 saturated carbocycles. The van der Waals surface area contributed by atoms with Gasteiger partial charge in [0.05, 0.1) is 17.9 Å². The highest BCUT2D eigenvalue weighted by Crippen LogP contribution is 2.33. The summed E-state index contributed by atoms with van der Waals surface area (Å²) in [5.41, 5.74) is 0.954. The minimum atomic E-state index is -4.57. The zero-order valence-electron chi connectivity index (χ0n) is 20.6. The minimum Gasteiger partial charge on any atom is -0.484 e. The Balaban J connectivity index is 2.00. The second kappa shape index (κ2) is 12.7. The van der Waals surface area contributed by atoms with E-state index in [9.17, 15) is 26.4 Å². The third-order valence-corrected chi connectivity index (χ3v) is 7.58. The van der Waals surface area contributed by atoms with Crippen LogP contribution in [0.2, 0.25) is 0 Å². The van der Waals surface area contributed by atoms with Gasteiger partial charge in [0.15, 0.2) is 0 Å². The van der Waals surface area contributed by atoms with Crippen LogP contribution in [0, 0.1) is 0 Å². The molecule has 0 saturated heterocycles. The van der Waals surface area contributed by atoms with Crippen LogP contribution in [0.3, 0.4) is 0 Å². The molecule has 0 amide bonds. The van der Waals surface area contributed by atoms with E-state index in [0.717, 1.165) is 23.8 Å². The molecule has 0 aromatic heterocycles. The van der Waals surface area contributed by atoms with Crippen molar-refractivity contribution in [2.75, 3.05) is 12.3 Å². The number of alkyl halides is 3. The smallest absolute Gasteiger partial charge is 0.416 e. The van der Waals surface area contributed by atoms with E-state index in [-0.39, 0.29) is 24.6 Å². The summed E-state index contributed by atoms with van der Waals surface area (Å²) in [5, 5.41) is 8.85. The number of hydrogen-bond donors (Lipinski definition) is 1. The van der Waals surface area contributed by atoms with Crippen LogP contribution in [-0.4, -0.2) is 36.1 Å². The van der Waals surface area contributed by atoms with Gasteiger partial charge in [-0.15, -0.1) is 0 Å². The van der Waals surface area contributed by atoms with Crippen molar-refractivity contribution in [2.45, 2.75) is 32.2 Å². The summed E-state index contributed by atoms with van der Waals surface area (Å²) < 4.78 is 73.6. The van der Waals surface area contributed by atoms with Crippen LogP contribution in [-0.2, 0) is 27.5 Å². The Bertz CT molecular complexity index is 1340. The van der Waals surface area contributed by atoms with Gasteiger partial charge in [-0.3, -0.25) is 0 Å². The molecule has 1 N–H and O–H groups in total. The topological polar surface area (TPSA) is 83.9 Å². The summed E-state index contributed by atoms with van der Waals surface area (Å²) in [6, 6.07) is 19.9. The van der Waals surface area contributed by atoms with E-state index in [1.807, 2.05) is 6.07 Å². The predicted octanol–water partition coefficient (Wildman–Crippen LogP) is 6.17. The molecule has 0 fully saturated rings. The summed E-state index contributed by atoms with van der Waals surface area (Å²) in [4.78, 5) is 10.8. The lowest BCUT2D eigenvalue weighted by atomic mass is 10.1. The number of sulfonamides is 1. The minimum absolute atomic E-state index is 0.0606. The maximum absolute atomic E-state index is 13.3. The van der Waals surface area contributed by atoms with Crippen LogP contribution in [0.25, 0.3) is 6.08 Å². The molecule has 0 aliphatic heterocycles. The Morgan fingerprint density at radius 2 is 1.71 bits per heavy atom. The Labute approximate surface area is 220 Å². The van der Waals surface area contributed by atoms with Crippen molar-refractivity contribution in [2.24, 2.45) is 0 Å². The van der Waals surface area contributed by atoms with Gasteiger partial charge in [-0.25, -0.2) is 13.2 Å². The third kappa shape index (κ3) is 8.46. The molecule has 0 heterocycles. The van der Waals surface area contributed by atoms with Crippen LogP contribution in [0.4, 0.5) is 13.2 Å². The number of hydrogen-bond acceptors (Lipinski definition) is 4. The number of ether oxygens (including phenoxy) is 1. The lowest BCUT2D eigenvalue weighted by molar-refractivity contribution is -0.137. The average Bonchev–Trinajstić information content (AvgIpc) is 2.87. The lowest BCUT2D eigenvalue weighted by Gasteiger charge is -2.28. The molecular formula is C28H28F3NO5S. The van der Waals surface area contributed by atoms with Crippen molar-refractivity contribution >= 4 is 22.1 Å². The highest BCUT2D eigenvalue weighted by atomic mass is 32.2. The quantitative estimate of drug-likeness (QED) is 0.275. The van der Waals surface area contributed by atoms with E-state index in [4.69, 9.17) is 9.84 Å². The van der Waals surface area contributed by atoms with Crippen molar-refractivity contribution in [3.05, 3.63) is 107 Å². The lowest BCUT2D eigenvalue weighted by Crippen LogP contribution is -2.37. The standard InChI is InChI=1S/C28H28F3NO5S/c1-2-17-38(35,36)32(19-22-7-4-3-5-8-22)20-26(23-14-11-21(12-15-23)13-16-27(33)34)37-25-10-6-9-24(18-25)28(29,30)31/h3-16,18,26H,2,17,19-20H2,1H3,(H,33,34). The molecule has 3 rings (SSSR count). The van der Waals surface area contributed by atoms with Crippen LogP contribution >= 0.6 is 0 Å². The zero-order chi connectivity index (χ0) is 27.8. The Kier molecular flexibility index (Phi) is 9.71. The molecular weight excluding hydrogens is 519 g/mol. The van der Waals surface area contributed by atoms with Crippen molar-refractivity contribution in [1.29, 1.82) is 0 Å². The highest BCUT2D eigenvalue weighted by molar-refractivity contribution is 7.89. The second-order valence-electron chi connectivity index (χ2n) is 8.56. The van der Waals surface area contributed by atoms with Crippen molar-refractivity contribution in [3.8, 4) is 5.75 Å². The fourth-order valence-corrected chi connectivity index (χ4v) is 5.23. The number of halogens is 3. The van der Waals surface area contributed by atoms with Gasteiger partial charge in [-0.2, -0.15) is 17.5 Å². The summed E-state index contributed by atoms with van der Waals surface area (Å²) in [6.45, 7) is 1.65. The van der Waals surface area contributed by atoms with Crippen LogP contribution in [0.5, 0.6) is 5.75 Å². The molecule has 0 radical (unpaired) electrons. The summed E-state index contributed by atoms with van der Waals surface area (Å²) in [7, 11) is -3.73. The van der Waals surface area contributed by atoms with Gasteiger partial charge in [-0.1, -0.05) is 67.6 Å². The SMILES string of the molecule is CCCS(=O)(=O)N(Cc1ccccc1)CC(Oc1cccc(C(F)(F)F)c1)c1ccc(C=CC(=O)O)cc1. The number of benzene rings is 3. The molecule has 1 unspecified atom stereocenters. The number of aliphatic carboxylic acids is 1. The van der Waals surface area contributed by atoms with Crippen LogP contribution in [0.15, 0.2) is 84.9 Å². The van der Waals surface area contributed by atoms with E-state index in [1.54, 1.807) is 55.5 Å². The molecule has 6 nitrogen and oxygen atoms in total. The fourth-order valence-electron chi connectivity index (χ4n) is 3.75. The van der Waals surface area contributed by atoms with E-state index in [1.165, 1.54) is 22.5 Å². The van der Waals surface area contributed by atoms with Gasteiger partial charge in [0.25, 0.3) is 0 Å². The fraction of sp³-hybridized carbons (Fsp3) is 0.250. The summed E-state index contributed by atoms with van der Waals surface area (Å²) in [5.74, 6) is -1.28. The summed E-state index contributed by atoms with van der Waals surface area (Å²) >= 11 is 0. The Hall–Kier alpha value is -3.63. The van der Waals surface area contributed by atoms with Crippen molar-refractivity contribution in [1.82, 2.24) is 4.31 Å². The maximum atomic E-state index is 13.3. The van der Waals surface area contributed by atoms with Crippen molar-refractivity contribution in [3.63, 3.8) is 0 Å². The Morgan fingerprint density at radius 3 is 2.32 bits per heavy atom. The number of carboxylic acids is 1. The van der Waals surface area contributed by atoms with Gasteiger partial charge in [0.1, 0.15) is 11.9 Å². The van der Waals surface area contributed by atoms with E-state index in [0.29, 0.717) is 17.5 Å². The molecule has 3 aromatic rings. The van der Waals surface area contributed by atoms with Gasteiger partial charge < -0.3 is 9.84 Å². The van der Waals surface area contributed by atoms with E-state index < -0.39 is 33.8 Å². The van der Waals surface area contributed by atoms with Gasteiger partial charge in [0.2, 0.25) is 10.0 Å².